The molecule has 0 bridgehead atoms. The van der Waals surface area contributed by atoms with Crippen LogP contribution >= 0.6 is 0 Å². The highest BCUT2D eigenvalue weighted by atomic mass is 16.6. The van der Waals surface area contributed by atoms with Crippen molar-refractivity contribution in [3.05, 3.63) is 47.4 Å². The maximum absolute atomic E-state index is 12.3. The van der Waals surface area contributed by atoms with Crippen LogP contribution in [0.2, 0.25) is 0 Å². The second kappa shape index (κ2) is 4.22. The Balaban J connectivity index is 1.98. The first-order valence-corrected chi connectivity index (χ1v) is 5.74. The lowest BCUT2D eigenvalue weighted by atomic mass is 10.0. The summed E-state index contributed by atoms with van der Waals surface area (Å²) in [5, 5.41) is 0. The van der Waals surface area contributed by atoms with Gasteiger partial charge in [-0.05, 0) is 31.2 Å². The van der Waals surface area contributed by atoms with E-state index >= 15 is 0 Å². The molecule has 0 aliphatic carbocycles. The van der Waals surface area contributed by atoms with Gasteiger partial charge >= 0.3 is 0 Å². The fraction of sp³-hybridized carbons (Fsp3) is 0.214. The molecule has 0 atom stereocenters. The molecule has 0 N–H and O–H groups in total. The molecule has 3 rings (SSSR count). The standard InChI is InChI=1S/C14H12O4/c1-9-11(4-5-16-9)14(15)10-2-3-12-13(8-10)18-7-6-17-12/h2-5,8H,6-7H2,1H3. The van der Waals surface area contributed by atoms with E-state index in [0.29, 0.717) is 41.6 Å². The first-order chi connectivity index (χ1) is 8.75. The number of aryl methyl sites for hydroxylation is 1. The Labute approximate surface area is 104 Å². The molecule has 1 aliphatic rings. The highest BCUT2D eigenvalue weighted by Gasteiger charge is 2.18. The highest BCUT2D eigenvalue weighted by Crippen LogP contribution is 2.31. The van der Waals surface area contributed by atoms with Gasteiger partial charge in [0.25, 0.3) is 0 Å². The summed E-state index contributed by atoms with van der Waals surface area (Å²) >= 11 is 0. The Bertz CT molecular complexity index is 598. The van der Waals surface area contributed by atoms with Gasteiger partial charge in [-0.25, -0.2) is 0 Å². The van der Waals surface area contributed by atoms with Crippen molar-refractivity contribution in [2.24, 2.45) is 0 Å². The number of benzene rings is 1. The van der Waals surface area contributed by atoms with Crippen LogP contribution < -0.4 is 9.47 Å². The van der Waals surface area contributed by atoms with E-state index in [-0.39, 0.29) is 5.78 Å². The molecule has 92 valence electrons. The summed E-state index contributed by atoms with van der Waals surface area (Å²) in [5.74, 6) is 1.85. The van der Waals surface area contributed by atoms with Gasteiger partial charge in [0.15, 0.2) is 17.3 Å². The molecule has 2 aromatic rings. The summed E-state index contributed by atoms with van der Waals surface area (Å²) in [7, 11) is 0. The summed E-state index contributed by atoms with van der Waals surface area (Å²) < 4.78 is 16.0. The van der Waals surface area contributed by atoms with Crippen molar-refractivity contribution in [3.63, 3.8) is 0 Å². The number of fused-ring (bicyclic) bond motifs is 1. The summed E-state index contributed by atoms with van der Waals surface area (Å²) in [5.41, 5.74) is 1.15. The van der Waals surface area contributed by atoms with E-state index in [2.05, 4.69) is 0 Å². The van der Waals surface area contributed by atoms with Crippen LogP contribution in [0.1, 0.15) is 21.7 Å². The monoisotopic (exact) mass is 244 g/mol. The first kappa shape index (κ1) is 10.9. The minimum atomic E-state index is -0.0711. The Morgan fingerprint density at radius 2 is 1.89 bits per heavy atom. The van der Waals surface area contributed by atoms with Crippen LogP contribution in [0.25, 0.3) is 0 Å². The van der Waals surface area contributed by atoms with Gasteiger partial charge in [-0.2, -0.15) is 0 Å². The van der Waals surface area contributed by atoms with Crippen LogP contribution in [0.3, 0.4) is 0 Å². The molecule has 0 unspecified atom stereocenters. The topological polar surface area (TPSA) is 48.7 Å². The summed E-state index contributed by atoms with van der Waals surface area (Å²) in [6.07, 6.45) is 1.51. The Hall–Kier alpha value is -2.23. The minimum absolute atomic E-state index is 0.0711. The Morgan fingerprint density at radius 3 is 2.61 bits per heavy atom. The zero-order valence-electron chi connectivity index (χ0n) is 9.93. The molecule has 0 radical (unpaired) electrons. The molecule has 0 amide bonds. The van der Waals surface area contributed by atoms with Gasteiger partial charge in [0, 0.05) is 5.56 Å². The lowest BCUT2D eigenvalue weighted by molar-refractivity contribution is 0.103. The maximum atomic E-state index is 12.3. The lowest BCUT2D eigenvalue weighted by Crippen LogP contribution is -2.15. The van der Waals surface area contributed by atoms with Crippen molar-refractivity contribution in [2.75, 3.05) is 13.2 Å². The third kappa shape index (κ3) is 1.76. The Kier molecular flexibility index (Phi) is 2.55. The number of ketones is 1. The second-order valence-electron chi connectivity index (χ2n) is 4.08. The third-order valence-corrected chi connectivity index (χ3v) is 2.91. The van der Waals surface area contributed by atoms with Crippen molar-refractivity contribution in [2.45, 2.75) is 6.92 Å². The average Bonchev–Trinajstić information content (AvgIpc) is 2.83. The number of rotatable bonds is 2. The highest BCUT2D eigenvalue weighted by molar-refractivity contribution is 6.09. The van der Waals surface area contributed by atoms with E-state index in [1.165, 1.54) is 6.26 Å². The predicted molar refractivity (Wildman–Crippen MR) is 64.3 cm³/mol. The molecule has 1 aromatic carbocycles. The third-order valence-electron chi connectivity index (χ3n) is 2.91. The minimum Gasteiger partial charge on any atom is -0.486 e. The fourth-order valence-electron chi connectivity index (χ4n) is 1.96. The number of hydrogen-bond donors (Lipinski definition) is 0. The SMILES string of the molecule is Cc1occc1C(=O)c1ccc2c(c1)OCCO2. The van der Waals surface area contributed by atoms with Gasteiger partial charge in [0.2, 0.25) is 0 Å². The average molecular weight is 244 g/mol. The molecule has 0 fully saturated rings. The van der Waals surface area contributed by atoms with Gasteiger partial charge in [0.05, 0.1) is 11.8 Å². The second-order valence-corrected chi connectivity index (χ2v) is 4.08. The van der Waals surface area contributed by atoms with E-state index in [9.17, 15) is 4.79 Å². The van der Waals surface area contributed by atoms with Gasteiger partial charge in [0.1, 0.15) is 19.0 Å². The number of carbonyl (C=O) groups excluding carboxylic acids is 1. The van der Waals surface area contributed by atoms with E-state index < -0.39 is 0 Å². The summed E-state index contributed by atoms with van der Waals surface area (Å²) in [6, 6.07) is 6.89. The molecule has 1 aromatic heterocycles. The number of ether oxygens (including phenoxy) is 2. The van der Waals surface area contributed by atoms with Crippen LogP contribution in [0.5, 0.6) is 11.5 Å². The van der Waals surface area contributed by atoms with Gasteiger partial charge < -0.3 is 13.9 Å². The largest absolute Gasteiger partial charge is 0.486 e. The molecule has 0 saturated carbocycles. The van der Waals surface area contributed by atoms with Crippen LogP contribution in [0.4, 0.5) is 0 Å². The number of hydrogen-bond acceptors (Lipinski definition) is 4. The molecule has 1 aliphatic heterocycles. The van der Waals surface area contributed by atoms with E-state index in [0.717, 1.165) is 0 Å². The molecule has 4 nitrogen and oxygen atoms in total. The maximum Gasteiger partial charge on any atom is 0.196 e. The fourth-order valence-corrected chi connectivity index (χ4v) is 1.96. The molecular weight excluding hydrogens is 232 g/mol. The van der Waals surface area contributed by atoms with Crippen LogP contribution in [-0.2, 0) is 0 Å². The molecule has 4 heteroatoms. The zero-order valence-corrected chi connectivity index (χ0v) is 9.93. The van der Waals surface area contributed by atoms with Crippen molar-refractivity contribution >= 4 is 5.78 Å². The van der Waals surface area contributed by atoms with Crippen molar-refractivity contribution < 1.29 is 18.7 Å². The molecule has 18 heavy (non-hydrogen) atoms. The molecule has 0 spiro atoms. The van der Waals surface area contributed by atoms with Crippen molar-refractivity contribution in [3.8, 4) is 11.5 Å². The molecular formula is C14H12O4. The summed E-state index contributed by atoms with van der Waals surface area (Å²) in [6.45, 7) is 2.82. The normalized spacial score (nSPS) is 13.4. The smallest absolute Gasteiger partial charge is 0.196 e. The summed E-state index contributed by atoms with van der Waals surface area (Å²) in [4.78, 5) is 12.3. The van der Waals surface area contributed by atoms with Gasteiger partial charge in [-0.1, -0.05) is 0 Å². The van der Waals surface area contributed by atoms with Crippen LogP contribution in [-0.4, -0.2) is 19.0 Å². The van der Waals surface area contributed by atoms with Crippen molar-refractivity contribution in [1.82, 2.24) is 0 Å². The first-order valence-electron chi connectivity index (χ1n) is 5.74. The van der Waals surface area contributed by atoms with Crippen LogP contribution in [0, 0.1) is 6.92 Å². The van der Waals surface area contributed by atoms with Gasteiger partial charge in [-0.3, -0.25) is 4.79 Å². The van der Waals surface area contributed by atoms with Crippen molar-refractivity contribution in [1.29, 1.82) is 0 Å². The number of carbonyl (C=O) groups is 1. The predicted octanol–water partition coefficient (Wildman–Crippen LogP) is 2.59. The van der Waals surface area contributed by atoms with Crippen LogP contribution in [0.15, 0.2) is 34.9 Å². The van der Waals surface area contributed by atoms with E-state index in [1.807, 2.05) is 0 Å². The lowest BCUT2D eigenvalue weighted by Gasteiger charge is -2.18. The quantitative estimate of drug-likeness (QED) is 0.762. The zero-order chi connectivity index (χ0) is 12.5. The van der Waals surface area contributed by atoms with E-state index in [1.54, 1.807) is 31.2 Å². The molecule has 0 saturated heterocycles. The Morgan fingerprint density at radius 1 is 1.11 bits per heavy atom. The molecule has 2 heterocycles. The number of furan rings is 1. The van der Waals surface area contributed by atoms with E-state index in [4.69, 9.17) is 13.9 Å². The van der Waals surface area contributed by atoms with Gasteiger partial charge in [-0.15, -0.1) is 0 Å².